The topological polar surface area (TPSA) is 114 Å². The first-order valence-electron chi connectivity index (χ1n) is 10.9. The highest BCUT2D eigenvalue weighted by atomic mass is 19.3. The third-order valence-electron chi connectivity index (χ3n) is 4.99. The summed E-state index contributed by atoms with van der Waals surface area (Å²) in [6.45, 7) is 2.21. The summed E-state index contributed by atoms with van der Waals surface area (Å²) in [5.41, 5.74) is 1.14. The molecule has 1 saturated carbocycles. The Labute approximate surface area is 204 Å². The number of nitrogens with zero attached hydrogens (tertiary/aromatic N) is 2. The smallest absolute Gasteiger partial charge is 0.395 e. The highest BCUT2D eigenvalue weighted by molar-refractivity contribution is 6.00. The second-order valence-corrected chi connectivity index (χ2v) is 8.22. The lowest BCUT2D eigenvalue weighted by Crippen LogP contribution is -2.21. The second kappa shape index (κ2) is 10.1. The zero-order valence-corrected chi connectivity index (χ0v) is 19.3. The number of aromatic nitrogens is 2. The Bertz CT molecular complexity index is 1290. The van der Waals surface area contributed by atoms with Gasteiger partial charge in [-0.25, -0.2) is 19.2 Å². The summed E-state index contributed by atoms with van der Waals surface area (Å²) in [6.07, 6.45) is -0.566. The molecule has 2 aromatic carbocycles. The van der Waals surface area contributed by atoms with Gasteiger partial charge in [-0.1, -0.05) is 0 Å². The first kappa shape index (κ1) is 24.8. The van der Waals surface area contributed by atoms with Crippen molar-refractivity contribution in [3.63, 3.8) is 0 Å². The van der Waals surface area contributed by atoms with E-state index in [1.54, 1.807) is 25.1 Å². The van der Waals surface area contributed by atoms with E-state index in [1.165, 1.54) is 18.5 Å². The van der Waals surface area contributed by atoms with E-state index >= 15 is 0 Å². The molecule has 3 aromatic rings. The average Bonchev–Trinajstić information content (AvgIpc) is 3.63. The lowest BCUT2D eigenvalue weighted by Gasteiger charge is -2.15. The zero-order valence-electron chi connectivity index (χ0n) is 19.3. The number of urea groups is 1. The Morgan fingerprint density at radius 3 is 2.50 bits per heavy atom. The fraction of sp³-hybridized carbons (Fsp3) is 0.250. The molecule has 9 nitrogen and oxygen atoms in total. The van der Waals surface area contributed by atoms with Gasteiger partial charge < -0.3 is 25.4 Å². The van der Waals surface area contributed by atoms with E-state index in [2.05, 4.69) is 30.7 Å². The number of carbonyl (C=O) groups is 2. The normalized spacial score (nSPS) is 13.0. The highest BCUT2D eigenvalue weighted by Crippen LogP contribution is 2.31. The number of amides is 3. The molecule has 0 spiro atoms. The van der Waals surface area contributed by atoms with Crippen LogP contribution in [0.1, 0.15) is 25.3 Å². The quantitative estimate of drug-likeness (QED) is 0.365. The third kappa shape index (κ3) is 6.84. The molecule has 0 aliphatic heterocycles. The molecule has 0 atom stereocenters. The molecule has 1 heterocycles. The van der Waals surface area contributed by atoms with E-state index in [0.29, 0.717) is 29.7 Å². The molecule has 12 heteroatoms. The summed E-state index contributed by atoms with van der Waals surface area (Å²) < 4.78 is 49.9. The summed E-state index contributed by atoms with van der Waals surface area (Å²) in [4.78, 5) is 32.3. The van der Waals surface area contributed by atoms with Crippen LogP contribution in [0.15, 0.2) is 48.8 Å². The Balaban J connectivity index is 1.37. The van der Waals surface area contributed by atoms with E-state index in [9.17, 15) is 22.8 Å². The van der Waals surface area contributed by atoms with Crippen molar-refractivity contribution in [3.05, 3.63) is 60.2 Å². The molecule has 1 fully saturated rings. The van der Waals surface area contributed by atoms with Gasteiger partial charge in [-0.15, -0.1) is 0 Å². The number of ether oxygens (including phenoxy) is 2. The predicted molar refractivity (Wildman–Crippen MR) is 125 cm³/mol. The molecule has 3 N–H and O–H groups in total. The first-order chi connectivity index (χ1) is 17.1. The molecule has 0 bridgehead atoms. The molecule has 1 aliphatic rings. The summed E-state index contributed by atoms with van der Waals surface area (Å²) in [5.74, 6) is -0.757. The number of anilines is 3. The minimum absolute atomic E-state index is 0.0313. The molecule has 1 aliphatic carbocycles. The number of carbonyl (C=O) groups excluding carboxylic acids is 2. The molecule has 36 heavy (non-hydrogen) atoms. The van der Waals surface area contributed by atoms with Gasteiger partial charge in [0, 0.05) is 36.3 Å². The fourth-order valence-electron chi connectivity index (χ4n) is 3.14. The van der Waals surface area contributed by atoms with E-state index in [1.807, 2.05) is 0 Å². The standard InChI is InChI=1S/C24H22F3N5O4/c1-13-9-16(35-21-11-20(28-12-29-21)32-22(33)14-3-4-14)6-8-18(13)31-23(34)30-15-5-7-17(25)19(10-15)36-24(2,26)27/h5-12,14H,3-4H2,1-2H3,(H2,30,31,34)(H,28,29,32,33). The van der Waals surface area contributed by atoms with Crippen LogP contribution in [-0.2, 0) is 4.79 Å². The average molecular weight is 501 g/mol. The van der Waals surface area contributed by atoms with Gasteiger partial charge in [-0.2, -0.15) is 8.78 Å². The van der Waals surface area contributed by atoms with E-state index in [0.717, 1.165) is 25.0 Å². The second-order valence-electron chi connectivity index (χ2n) is 8.22. The predicted octanol–water partition coefficient (Wildman–Crippen LogP) is 5.70. The van der Waals surface area contributed by atoms with Gasteiger partial charge in [0.05, 0.1) is 0 Å². The molecule has 0 saturated heterocycles. The van der Waals surface area contributed by atoms with Crippen molar-refractivity contribution in [3.8, 4) is 17.4 Å². The third-order valence-corrected chi connectivity index (χ3v) is 4.99. The monoisotopic (exact) mass is 501 g/mol. The first-order valence-corrected chi connectivity index (χ1v) is 10.9. The highest BCUT2D eigenvalue weighted by Gasteiger charge is 2.30. The van der Waals surface area contributed by atoms with Gasteiger partial charge in [0.15, 0.2) is 11.6 Å². The van der Waals surface area contributed by atoms with Gasteiger partial charge in [-0.05, 0) is 55.7 Å². The van der Waals surface area contributed by atoms with Crippen LogP contribution in [0.5, 0.6) is 17.4 Å². The van der Waals surface area contributed by atoms with E-state index < -0.39 is 23.7 Å². The molecular weight excluding hydrogens is 479 g/mol. The van der Waals surface area contributed by atoms with Crippen molar-refractivity contribution in [2.75, 3.05) is 16.0 Å². The van der Waals surface area contributed by atoms with Crippen LogP contribution in [0.2, 0.25) is 0 Å². The molecular formula is C24H22F3N5O4. The van der Waals surface area contributed by atoms with Crippen LogP contribution in [0, 0.1) is 18.7 Å². The summed E-state index contributed by atoms with van der Waals surface area (Å²) in [7, 11) is 0. The van der Waals surface area contributed by atoms with E-state index in [4.69, 9.17) is 4.74 Å². The SMILES string of the molecule is Cc1cc(Oc2cc(NC(=O)C3CC3)ncn2)ccc1NC(=O)Nc1ccc(F)c(OC(C)(F)F)c1. The minimum atomic E-state index is -3.58. The van der Waals surface area contributed by atoms with Crippen molar-refractivity contribution >= 4 is 29.1 Å². The maximum atomic E-state index is 13.7. The maximum absolute atomic E-state index is 13.7. The molecule has 1 aromatic heterocycles. The number of hydrogen-bond acceptors (Lipinski definition) is 6. The maximum Gasteiger partial charge on any atom is 0.395 e. The molecule has 3 amide bonds. The zero-order chi connectivity index (χ0) is 25.9. The number of benzene rings is 2. The lowest BCUT2D eigenvalue weighted by molar-refractivity contribution is -0.160. The van der Waals surface area contributed by atoms with Crippen molar-refractivity contribution in [1.29, 1.82) is 0 Å². The Kier molecular flexibility index (Phi) is 6.95. The number of nitrogens with one attached hydrogen (secondary N) is 3. The van der Waals surface area contributed by atoms with Crippen LogP contribution in [-0.4, -0.2) is 28.0 Å². The molecule has 4 rings (SSSR count). The van der Waals surface area contributed by atoms with Crippen molar-refractivity contribution in [2.45, 2.75) is 32.8 Å². The van der Waals surface area contributed by atoms with Crippen LogP contribution >= 0.6 is 0 Å². The van der Waals surface area contributed by atoms with Gasteiger partial charge >= 0.3 is 12.1 Å². The minimum Gasteiger partial charge on any atom is -0.439 e. The molecule has 0 unspecified atom stereocenters. The van der Waals surface area contributed by atoms with Gasteiger partial charge in [0.25, 0.3) is 0 Å². The van der Waals surface area contributed by atoms with Gasteiger partial charge in [0.1, 0.15) is 17.9 Å². The number of hydrogen-bond donors (Lipinski definition) is 3. The Morgan fingerprint density at radius 2 is 1.81 bits per heavy atom. The van der Waals surface area contributed by atoms with Crippen molar-refractivity contribution in [1.82, 2.24) is 9.97 Å². The van der Waals surface area contributed by atoms with Crippen molar-refractivity contribution in [2.24, 2.45) is 5.92 Å². The Morgan fingerprint density at radius 1 is 1.03 bits per heavy atom. The number of halogens is 3. The molecule has 0 radical (unpaired) electrons. The summed E-state index contributed by atoms with van der Waals surface area (Å²) in [5, 5.41) is 7.77. The molecule has 188 valence electrons. The number of alkyl halides is 2. The van der Waals surface area contributed by atoms with Crippen molar-refractivity contribution < 1.29 is 32.2 Å². The summed E-state index contributed by atoms with van der Waals surface area (Å²) in [6, 6.07) is 8.75. The van der Waals surface area contributed by atoms with Crippen LogP contribution < -0.4 is 25.4 Å². The van der Waals surface area contributed by atoms with Crippen LogP contribution in [0.4, 0.5) is 35.2 Å². The van der Waals surface area contributed by atoms with E-state index in [-0.39, 0.29) is 23.4 Å². The number of rotatable bonds is 8. The van der Waals surface area contributed by atoms with Gasteiger partial charge in [0.2, 0.25) is 11.8 Å². The Hall–Kier alpha value is -4.35. The lowest BCUT2D eigenvalue weighted by atomic mass is 10.2. The summed E-state index contributed by atoms with van der Waals surface area (Å²) >= 11 is 0. The van der Waals surface area contributed by atoms with Crippen LogP contribution in [0.25, 0.3) is 0 Å². The number of aryl methyl sites for hydroxylation is 1. The fourth-order valence-corrected chi connectivity index (χ4v) is 3.14. The largest absolute Gasteiger partial charge is 0.439 e. The van der Waals surface area contributed by atoms with Crippen LogP contribution in [0.3, 0.4) is 0 Å². The van der Waals surface area contributed by atoms with Gasteiger partial charge in [-0.3, -0.25) is 4.79 Å².